The van der Waals surface area contributed by atoms with Crippen LogP contribution in [0.15, 0.2) is 0 Å². The molecule has 0 aromatic carbocycles. The van der Waals surface area contributed by atoms with Crippen LogP contribution in [-0.4, -0.2) is 44.0 Å². The Bertz CT molecular complexity index is 129. The number of aliphatic hydroxyl groups is 1. The number of nitrogens with two attached hydrogens (primary N) is 1. The third-order valence-corrected chi connectivity index (χ3v) is 1.24. The van der Waals surface area contributed by atoms with E-state index in [-0.39, 0.29) is 19.6 Å². The Balaban J connectivity index is 3.43. The topological polar surface area (TPSA) is 81.8 Å². The Morgan fingerprint density at radius 2 is 2.25 bits per heavy atom. The Morgan fingerprint density at radius 1 is 1.58 bits per heavy atom. The van der Waals surface area contributed by atoms with E-state index < -0.39 is 12.1 Å². The van der Waals surface area contributed by atoms with Gasteiger partial charge >= 0.3 is 5.97 Å². The molecule has 5 heteroatoms. The summed E-state index contributed by atoms with van der Waals surface area (Å²) in [5.74, 6) is -0.641. The van der Waals surface area contributed by atoms with E-state index in [0.717, 1.165) is 0 Å². The summed E-state index contributed by atoms with van der Waals surface area (Å²) < 4.78 is 9.28. The van der Waals surface area contributed by atoms with Crippen molar-refractivity contribution in [2.24, 2.45) is 5.73 Å². The highest BCUT2D eigenvalue weighted by molar-refractivity contribution is 5.74. The second-order valence-corrected chi connectivity index (χ2v) is 2.25. The average molecular weight is 177 g/mol. The molecule has 0 radical (unpaired) electrons. The zero-order valence-electron chi connectivity index (χ0n) is 7.16. The summed E-state index contributed by atoms with van der Waals surface area (Å²) in [7, 11) is 1.50. The van der Waals surface area contributed by atoms with Crippen LogP contribution in [0.1, 0.15) is 6.42 Å². The molecule has 0 fully saturated rings. The van der Waals surface area contributed by atoms with Crippen molar-refractivity contribution in [2.75, 3.05) is 26.9 Å². The SMILES string of the molecule is COCCOC(=O)C(O)CCN. The number of hydrogen-bond acceptors (Lipinski definition) is 5. The summed E-state index contributed by atoms with van der Waals surface area (Å²) in [6.45, 7) is 0.762. The normalized spacial score (nSPS) is 12.6. The minimum Gasteiger partial charge on any atom is -0.461 e. The van der Waals surface area contributed by atoms with E-state index >= 15 is 0 Å². The summed E-state index contributed by atoms with van der Waals surface area (Å²) >= 11 is 0. The van der Waals surface area contributed by atoms with Gasteiger partial charge in [0, 0.05) is 7.11 Å². The second-order valence-electron chi connectivity index (χ2n) is 2.25. The average Bonchev–Trinajstić information content (AvgIpc) is 2.05. The molecule has 0 amide bonds. The zero-order valence-corrected chi connectivity index (χ0v) is 7.16. The van der Waals surface area contributed by atoms with E-state index in [1.807, 2.05) is 0 Å². The van der Waals surface area contributed by atoms with E-state index in [1.165, 1.54) is 7.11 Å². The first-order valence-corrected chi connectivity index (χ1v) is 3.76. The number of aliphatic hydroxyl groups excluding tert-OH is 1. The monoisotopic (exact) mass is 177 g/mol. The standard InChI is InChI=1S/C7H15NO4/c1-11-4-5-12-7(10)6(9)2-3-8/h6,9H,2-5,8H2,1H3. The maximum Gasteiger partial charge on any atom is 0.335 e. The van der Waals surface area contributed by atoms with Crippen molar-refractivity contribution in [1.82, 2.24) is 0 Å². The Morgan fingerprint density at radius 3 is 2.75 bits per heavy atom. The van der Waals surface area contributed by atoms with Gasteiger partial charge in [0.05, 0.1) is 6.61 Å². The van der Waals surface area contributed by atoms with Gasteiger partial charge in [-0.3, -0.25) is 0 Å². The van der Waals surface area contributed by atoms with Crippen LogP contribution in [-0.2, 0) is 14.3 Å². The Labute approximate surface area is 71.5 Å². The van der Waals surface area contributed by atoms with Crippen molar-refractivity contribution in [3.8, 4) is 0 Å². The summed E-state index contributed by atoms with van der Waals surface area (Å²) in [4.78, 5) is 10.8. The largest absolute Gasteiger partial charge is 0.461 e. The van der Waals surface area contributed by atoms with E-state index in [1.54, 1.807) is 0 Å². The van der Waals surface area contributed by atoms with Crippen LogP contribution < -0.4 is 5.73 Å². The number of esters is 1. The van der Waals surface area contributed by atoms with Crippen LogP contribution in [0.5, 0.6) is 0 Å². The molecule has 0 aromatic rings. The van der Waals surface area contributed by atoms with Gasteiger partial charge in [-0.05, 0) is 13.0 Å². The molecule has 0 aliphatic heterocycles. The molecule has 0 spiro atoms. The van der Waals surface area contributed by atoms with E-state index in [2.05, 4.69) is 9.47 Å². The molecule has 0 saturated heterocycles. The summed E-state index contributed by atoms with van der Waals surface area (Å²) in [5.41, 5.74) is 5.13. The lowest BCUT2D eigenvalue weighted by molar-refractivity contribution is -0.154. The maximum atomic E-state index is 10.8. The van der Waals surface area contributed by atoms with E-state index in [9.17, 15) is 4.79 Å². The molecule has 72 valence electrons. The molecule has 0 bridgehead atoms. The summed E-state index contributed by atoms with van der Waals surface area (Å²) in [5, 5.41) is 9.02. The molecule has 0 saturated carbocycles. The van der Waals surface area contributed by atoms with Crippen molar-refractivity contribution in [2.45, 2.75) is 12.5 Å². The number of rotatable bonds is 6. The highest BCUT2D eigenvalue weighted by Gasteiger charge is 2.14. The number of ether oxygens (including phenoxy) is 2. The summed E-state index contributed by atoms with van der Waals surface area (Å²) in [6, 6.07) is 0. The first kappa shape index (κ1) is 11.4. The molecule has 12 heavy (non-hydrogen) atoms. The number of carbonyl (C=O) groups excluding carboxylic acids is 1. The quantitative estimate of drug-likeness (QED) is 0.397. The van der Waals surface area contributed by atoms with Crippen LogP contribution in [0, 0.1) is 0 Å². The number of hydrogen-bond donors (Lipinski definition) is 2. The molecule has 0 aliphatic carbocycles. The molecule has 0 aliphatic rings. The van der Waals surface area contributed by atoms with Gasteiger partial charge in [0.15, 0.2) is 6.10 Å². The second kappa shape index (κ2) is 7.02. The molecule has 0 rings (SSSR count). The highest BCUT2D eigenvalue weighted by Crippen LogP contribution is 1.92. The zero-order chi connectivity index (χ0) is 9.40. The number of methoxy groups -OCH3 is 1. The van der Waals surface area contributed by atoms with Crippen LogP contribution >= 0.6 is 0 Å². The van der Waals surface area contributed by atoms with Gasteiger partial charge in [0.2, 0.25) is 0 Å². The molecule has 5 nitrogen and oxygen atoms in total. The molecule has 3 N–H and O–H groups in total. The fourth-order valence-electron chi connectivity index (χ4n) is 0.598. The minimum absolute atomic E-state index is 0.164. The lowest BCUT2D eigenvalue weighted by Gasteiger charge is -2.08. The predicted molar refractivity (Wildman–Crippen MR) is 42.5 cm³/mol. The van der Waals surface area contributed by atoms with Gasteiger partial charge < -0.3 is 20.3 Å². The van der Waals surface area contributed by atoms with Crippen molar-refractivity contribution in [3.05, 3.63) is 0 Å². The summed E-state index contributed by atoms with van der Waals surface area (Å²) in [6.07, 6.45) is -0.877. The Hall–Kier alpha value is -0.650. The van der Waals surface area contributed by atoms with Crippen LogP contribution in [0.25, 0.3) is 0 Å². The van der Waals surface area contributed by atoms with Gasteiger partial charge in [0.1, 0.15) is 6.61 Å². The molecular weight excluding hydrogens is 162 g/mol. The van der Waals surface area contributed by atoms with Gasteiger partial charge in [-0.15, -0.1) is 0 Å². The number of carbonyl (C=O) groups is 1. The lowest BCUT2D eigenvalue weighted by atomic mass is 10.2. The fourth-order valence-corrected chi connectivity index (χ4v) is 0.598. The van der Waals surface area contributed by atoms with Crippen molar-refractivity contribution in [1.29, 1.82) is 0 Å². The molecule has 0 aromatic heterocycles. The third kappa shape index (κ3) is 5.06. The Kier molecular flexibility index (Phi) is 6.64. The maximum absolute atomic E-state index is 10.8. The van der Waals surface area contributed by atoms with Crippen molar-refractivity contribution < 1.29 is 19.4 Å². The first-order chi connectivity index (χ1) is 5.72. The highest BCUT2D eigenvalue weighted by atomic mass is 16.6. The third-order valence-electron chi connectivity index (χ3n) is 1.24. The van der Waals surface area contributed by atoms with Gasteiger partial charge in [-0.1, -0.05) is 0 Å². The molecule has 0 heterocycles. The molecule has 1 unspecified atom stereocenters. The van der Waals surface area contributed by atoms with E-state index in [0.29, 0.717) is 6.61 Å². The van der Waals surface area contributed by atoms with Gasteiger partial charge in [-0.2, -0.15) is 0 Å². The van der Waals surface area contributed by atoms with Crippen LogP contribution in [0.3, 0.4) is 0 Å². The molecular formula is C7H15NO4. The first-order valence-electron chi connectivity index (χ1n) is 3.76. The van der Waals surface area contributed by atoms with Gasteiger partial charge in [-0.25, -0.2) is 4.79 Å². The lowest BCUT2D eigenvalue weighted by Crippen LogP contribution is -2.26. The van der Waals surface area contributed by atoms with Crippen molar-refractivity contribution >= 4 is 5.97 Å². The van der Waals surface area contributed by atoms with Crippen LogP contribution in [0.4, 0.5) is 0 Å². The smallest absolute Gasteiger partial charge is 0.335 e. The predicted octanol–water partition coefficient (Wildman–Crippen LogP) is -1.11. The van der Waals surface area contributed by atoms with E-state index in [4.69, 9.17) is 10.8 Å². The van der Waals surface area contributed by atoms with Gasteiger partial charge in [0.25, 0.3) is 0 Å². The molecule has 1 atom stereocenters. The fraction of sp³-hybridized carbons (Fsp3) is 0.857. The van der Waals surface area contributed by atoms with Crippen molar-refractivity contribution in [3.63, 3.8) is 0 Å². The minimum atomic E-state index is -1.10. The van der Waals surface area contributed by atoms with Crippen LogP contribution in [0.2, 0.25) is 0 Å².